The molecule has 0 fully saturated rings. The van der Waals surface area contributed by atoms with Gasteiger partial charge in [-0.3, -0.25) is 9.59 Å². The number of anilines is 1. The van der Waals surface area contributed by atoms with Crippen LogP contribution in [0.3, 0.4) is 0 Å². The van der Waals surface area contributed by atoms with Crippen LogP contribution in [0.4, 0.5) is 5.69 Å². The molecule has 0 saturated carbocycles. The number of hydrogen-bond acceptors (Lipinski definition) is 6. The zero-order chi connectivity index (χ0) is 22.1. The van der Waals surface area contributed by atoms with Crippen molar-refractivity contribution >= 4 is 23.5 Å². The van der Waals surface area contributed by atoms with Gasteiger partial charge in [-0.25, -0.2) is 4.79 Å². The van der Waals surface area contributed by atoms with Crippen molar-refractivity contribution in [3.05, 3.63) is 54.1 Å². The van der Waals surface area contributed by atoms with Gasteiger partial charge >= 0.3 is 5.97 Å². The van der Waals surface area contributed by atoms with Gasteiger partial charge in [-0.15, -0.1) is 0 Å². The lowest BCUT2D eigenvalue weighted by Crippen LogP contribution is -2.45. The molecule has 0 aliphatic heterocycles. The number of methoxy groups -OCH3 is 2. The van der Waals surface area contributed by atoms with Crippen LogP contribution in [0.2, 0.25) is 0 Å². The summed E-state index contributed by atoms with van der Waals surface area (Å²) in [4.78, 5) is 37.0. The highest BCUT2D eigenvalue weighted by atomic mass is 16.5. The van der Waals surface area contributed by atoms with Crippen molar-refractivity contribution in [2.24, 2.45) is 5.92 Å². The molecule has 1 atom stereocenters. The van der Waals surface area contributed by atoms with Crippen molar-refractivity contribution in [2.45, 2.75) is 19.9 Å². The molecular weight excluding hydrogens is 388 g/mol. The van der Waals surface area contributed by atoms with Gasteiger partial charge in [0.25, 0.3) is 11.8 Å². The zero-order valence-electron chi connectivity index (χ0n) is 17.4. The fourth-order valence-electron chi connectivity index (χ4n) is 2.61. The Morgan fingerprint density at radius 3 is 2.07 bits per heavy atom. The predicted octanol–water partition coefficient (Wildman–Crippen LogP) is 2.64. The van der Waals surface area contributed by atoms with E-state index in [4.69, 9.17) is 14.2 Å². The highest BCUT2D eigenvalue weighted by Gasteiger charge is 2.26. The van der Waals surface area contributed by atoms with Crippen LogP contribution in [-0.2, 0) is 14.3 Å². The largest absolute Gasteiger partial charge is 0.497 e. The van der Waals surface area contributed by atoms with E-state index >= 15 is 0 Å². The van der Waals surface area contributed by atoms with Gasteiger partial charge in [0.15, 0.2) is 6.61 Å². The highest BCUT2D eigenvalue weighted by molar-refractivity contribution is 5.97. The summed E-state index contributed by atoms with van der Waals surface area (Å²) in [5.41, 5.74) is 0.866. The summed E-state index contributed by atoms with van der Waals surface area (Å²) in [5, 5.41) is 5.28. The van der Waals surface area contributed by atoms with E-state index in [0.717, 1.165) is 0 Å². The molecule has 2 aromatic carbocycles. The summed E-state index contributed by atoms with van der Waals surface area (Å²) in [6, 6.07) is 12.5. The van der Waals surface area contributed by atoms with Crippen LogP contribution in [0.25, 0.3) is 0 Å². The molecule has 0 saturated heterocycles. The quantitative estimate of drug-likeness (QED) is 0.612. The van der Waals surface area contributed by atoms with Crippen LogP contribution in [0.15, 0.2) is 48.5 Å². The Labute approximate surface area is 175 Å². The van der Waals surface area contributed by atoms with Crippen molar-refractivity contribution in [2.75, 3.05) is 26.1 Å². The lowest BCUT2D eigenvalue weighted by Gasteiger charge is -2.20. The van der Waals surface area contributed by atoms with Crippen molar-refractivity contribution in [3.63, 3.8) is 0 Å². The van der Waals surface area contributed by atoms with Gasteiger partial charge in [0, 0.05) is 29.4 Å². The molecule has 160 valence electrons. The molecule has 2 amide bonds. The van der Waals surface area contributed by atoms with E-state index in [9.17, 15) is 14.4 Å². The lowest BCUT2D eigenvalue weighted by molar-refractivity contribution is -0.150. The topological polar surface area (TPSA) is 103 Å². The van der Waals surface area contributed by atoms with E-state index in [0.29, 0.717) is 22.7 Å². The number of amides is 2. The number of esters is 1. The second kappa shape index (κ2) is 10.8. The van der Waals surface area contributed by atoms with Crippen LogP contribution < -0.4 is 20.1 Å². The van der Waals surface area contributed by atoms with E-state index in [1.165, 1.54) is 14.2 Å². The number of nitrogens with one attached hydrogen (secondary N) is 2. The maximum atomic E-state index is 12.5. The molecule has 0 aliphatic rings. The molecule has 0 unspecified atom stereocenters. The maximum Gasteiger partial charge on any atom is 0.329 e. The van der Waals surface area contributed by atoms with Crippen LogP contribution in [0.5, 0.6) is 11.5 Å². The van der Waals surface area contributed by atoms with Gasteiger partial charge in [0.2, 0.25) is 0 Å². The Bertz CT molecular complexity index is 860. The lowest BCUT2D eigenvalue weighted by atomic mass is 10.0. The molecule has 0 bridgehead atoms. The molecular formula is C22H26N2O6. The summed E-state index contributed by atoms with van der Waals surface area (Å²) >= 11 is 0. The first kappa shape index (κ1) is 22.7. The Kier molecular flexibility index (Phi) is 8.22. The minimum absolute atomic E-state index is 0.226. The van der Waals surface area contributed by atoms with Gasteiger partial charge in [-0.2, -0.15) is 0 Å². The first-order valence-electron chi connectivity index (χ1n) is 9.39. The van der Waals surface area contributed by atoms with Crippen LogP contribution >= 0.6 is 0 Å². The third-order valence-electron chi connectivity index (χ3n) is 4.22. The van der Waals surface area contributed by atoms with Crippen LogP contribution in [0.1, 0.15) is 24.2 Å². The summed E-state index contributed by atoms with van der Waals surface area (Å²) < 4.78 is 15.4. The SMILES string of the molecule is COc1cc(NC(=O)COC(=O)[C@@H](NC(=O)c2ccccc2)C(C)C)cc(OC)c1. The molecule has 0 heterocycles. The van der Waals surface area contributed by atoms with Gasteiger partial charge in [0.05, 0.1) is 14.2 Å². The van der Waals surface area contributed by atoms with E-state index < -0.39 is 24.5 Å². The van der Waals surface area contributed by atoms with E-state index in [2.05, 4.69) is 10.6 Å². The van der Waals surface area contributed by atoms with E-state index in [1.54, 1.807) is 62.4 Å². The predicted molar refractivity (Wildman–Crippen MR) is 112 cm³/mol. The number of hydrogen-bond donors (Lipinski definition) is 2. The molecule has 0 aliphatic carbocycles. The van der Waals surface area contributed by atoms with Crippen molar-refractivity contribution in [1.82, 2.24) is 5.32 Å². The Hall–Kier alpha value is -3.55. The molecule has 0 aromatic heterocycles. The maximum absolute atomic E-state index is 12.5. The van der Waals surface area contributed by atoms with Crippen molar-refractivity contribution in [1.29, 1.82) is 0 Å². The number of benzene rings is 2. The molecule has 8 nitrogen and oxygen atoms in total. The minimum atomic E-state index is -0.887. The van der Waals surface area contributed by atoms with Crippen LogP contribution in [-0.4, -0.2) is 44.7 Å². The second-order valence-electron chi connectivity index (χ2n) is 6.82. The summed E-state index contributed by atoms with van der Waals surface area (Å²) in [6.07, 6.45) is 0. The second-order valence-corrected chi connectivity index (χ2v) is 6.82. The zero-order valence-corrected chi connectivity index (χ0v) is 17.4. The third-order valence-corrected chi connectivity index (χ3v) is 4.22. The third kappa shape index (κ3) is 6.51. The van der Waals surface area contributed by atoms with Crippen molar-refractivity contribution in [3.8, 4) is 11.5 Å². The standard InChI is InChI=1S/C22H26N2O6/c1-14(2)20(24-21(26)15-8-6-5-7-9-15)22(27)30-13-19(25)23-16-10-17(28-3)12-18(11-16)29-4/h5-12,14,20H,13H2,1-4H3,(H,23,25)(H,24,26)/t20-/m0/s1. The van der Waals surface area contributed by atoms with Gasteiger partial charge in [-0.1, -0.05) is 32.0 Å². The van der Waals surface area contributed by atoms with Gasteiger partial charge in [0.1, 0.15) is 17.5 Å². The molecule has 8 heteroatoms. The average molecular weight is 414 g/mol. The van der Waals surface area contributed by atoms with E-state index in [1.807, 2.05) is 0 Å². The first-order chi connectivity index (χ1) is 14.3. The van der Waals surface area contributed by atoms with Gasteiger partial charge in [-0.05, 0) is 18.1 Å². The Morgan fingerprint density at radius 1 is 0.933 bits per heavy atom. The number of carbonyl (C=O) groups is 3. The molecule has 0 radical (unpaired) electrons. The van der Waals surface area contributed by atoms with Gasteiger partial charge < -0.3 is 24.8 Å². The Balaban J connectivity index is 1.95. The Morgan fingerprint density at radius 2 is 1.53 bits per heavy atom. The number of rotatable bonds is 9. The first-order valence-corrected chi connectivity index (χ1v) is 9.39. The van der Waals surface area contributed by atoms with Crippen LogP contribution in [0, 0.1) is 5.92 Å². The molecule has 0 spiro atoms. The summed E-state index contributed by atoms with van der Waals surface area (Å²) in [7, 11) is 3.00. The minimum Gasteiger partial charge on any atom is -0.497 e. The van der Waals surface area contributed by atoms with E-state index in [-0.39, 0.29) is 11.8 Å². The smallest absolute Gasteiger partial charge is 0.329 e. The summed E-state index contributed by atoms with van der Waals surface area (Å²) in [6.45, 7) is 3.06. The molecule has 2 aromatic rings. The average Bonchev–Trinajstić information content (AvgIpc) is 2.75. The molecule has 2 rings (SSSR count). The normalized spacial score (nSPS) is 11.4. The monoisotopic (exact) mass is 414 g/mol. The number of ether oxygens (including phenoxy) is 3. The van der Waals surface area contributed by atoms with Crippen molar-refractivity contribution < 1.29 is 28.6 Å². The highest BCUT2D eigenvalue weighted by Crippen LogP contribution is 2.25. The molecule has 2 N–H and O–H groups in total. The molecule has 30 heavy (non-hydrogen) atoms. The number of carbonyl (C=O) groups excluding carboxylic acids is 3. The fourth-order valence-corrected chi connectivity index (χ4v) is 2.61. The fraction of sp³-hybridized carbons (Fsp3) is 0.318. The summed E-state index contributed by atoms with van der Waals surface area (Å²) in [5.74, 6) is -0.825.